The van der Waals surface area contributed by atoms with Crippen molar-refractivity contribution in [2.24, 2.45) is 0 Å². The lowest BCUT2D eigenvalue weighted by Gasteiger charge is -2.36. The van der Waals surface area contributed by atoms with E-state index in [1.165, 1.54) is 4.90 Å². The van der Waals surface area contributed by atoms with Crippen molar-refractivity contribution in [3.8, 4) is 0 Å². The fourth-order valence-corrected chi connectivity index (χ4v) is 2.54. The summed E-state index contributed by atoms with van der Waals surface area (Å²) in [5.41, 5.74) is -1.37. The smallest absolute Gasteiger partial charge is 0.410 e. The molecule has 2 fully saturated rings. The molecule has 2 aliphatic heterocycles. The van der Waals surface area contributed by atoms with Gasteiger partial charge in [-0.05, 0) is 34.6 Å². The molecule has 0 spiro atoms. The van der Waals surface area contributed by atoms with Crippen LogP contribution in [0.4, 0.5) is 9.59 Å². The molecule has 0 bridgehead atoms. The molecule has 8 nitrogen and oxygen atoms in total. The molecule has 0 radical (unpaired) electrons. The highest BCUT2D eigenvalue weighted by atomic mass is 16.6. The average molecular weight is 326 g/mol. The van der Waals surface area contributed by atoms with Crippen LogP contribution in [0.5, 0.6) is 0 Å². The van der Waals surface area contributed by atoms with Crippen LogP contribution in [0.2, 0.25) is 0 Å². The fourth-order valence-electron chi connectivity index (χ4n) is 2.54. The molecule has 2 saturated heterocycles. The third-order valence-corrected chi connectivity index (χ3v) is 3.81. The van der Waals surface area contributed by atoms with E-state index in [-0.39, 0.29) is 24.7 Å². The summed E-state index contributed by atoms with van der Waals surface area (Å²) >= 11 is 0. The summed E-state index contributed by atoms with van der Waals surface area (Å²) in [5, 5.41) is 2.66. The van der Waals surface area contributed by atoms with Gasteiger partial charge in [-0.1, -0.05) is 0 Å². The topological polar surface area (TPSA) is 82.2 Å². The van der Waals surface area contributed by atoms with E-state index in [1.54, 1.807) is 18.7 Å². The van der Waals surface area contributed by atoms with Crippen LogP contribution in [0.3, 0.4) is 0 Å². The van der Waals surface area contributed by atoms with Crippen LogP contribution >= 0.6 is 0 Å². The maximum atomic E-state index is 12.2. The summed E-state index contributed by atoms with van der Waals surface area (Å²) in [5.74, 6) is -0.225. The second-order valence-electron chi connectivity index (χ2n) is 7.52. The van der Waals surface area contributed by atoms with Crippen molar-refractivity contribution >= 4 is 18.0 Å². The Morgan fingerprint density at radius 3 is 2.17 bits per heavy atom. The molecule has 0 aromatic carbocycles. The van der Waals surface area contributed by atoms with Gasteiger partial charge in [0.05, 0.1) is 6.67 Å². The molecule has 1 N–H and O–H groups in total. The zero-order valence-corrected chi connectivity index (χ0v) is 14.5. The van der Waals surface area contributed by atoms with Crippen molar-refractivity contribution in [1.29, 1.82) is 0 Å². The number of nitrogens with one attached hydrogen (secondary N) is 1. The van der Waals surface area contributed by atoms with E-state index in [1.807, 2.05) is 25.7 Å². The van der Waals surface area contributed by atoms with E-state index < -0.39 is 11.1 Å². The van der Waals surface area contributed by atoms with Crippen LogP contribution in [0, 0.1) is 0 Å². The highest BCUT2D eigenvalue weighted by molar-refractivity contribution is 6.06. The predicted molar refractivity (Wildman–Crippen MR) is 83.7 cm³/mol. The first-order valence-corrected chi connectivity index (χ1v) is 7.84. The summed E-state index contributed by atoms with van der Waals surface area (Å²) in [6.45, 7) is 11.3. The first-order valence-electron chi connectivity index (χ1n) is 7.84. The van der Waals surface area contributed by atoms with Gasteiger partial charge in [0, 0.05) is 26.2 Å². The van der Waals surface area contributed by atoms with E-state index in [0.717, 1.165) is 0 Å². The average Bonchev–Trinajstić information content (AvgIpc) is 2.60. The Balaban J connectivity index is 1.85. The van der Waals surface area contributed by atoms with Crippen LogP contribution in [0.1, 0.15) is 34.6 Å². The third kappa shape index (κ3) is 4.13. The molecule has 23 heavy (non-hydrogen) atoms. The minimum atomic E-state index is -0.852. The predicted octanol–water partition coefficient (Wildman–Crippen LogP) is 0.827. The molecule has 0 aromatic rings. The van der Waals surface area contributed by atoms with Gasteiger partial charge in [0.25, 0.3) is 5.91 Å². The SMILES string of the molecule is CC(C)(C)OC(=O)N1CCN(CN2C(=O)NC(C)(C)C2=O)CC1. The highest BCUT2D eigenvalue weighted by Gasteiger charge is 2.44. The van der Waals surface area contributed by atoms with Crippen LogP contribution in [-0.4, -0.2) is 76.7 Å². The van der Waals surface area contributed by atoms with Gasteiger partial charge in [-0.3, -0.25) is 9.69 Å². The summed E-state index contributed by atoms with van der Waals surface area (Å²) in [7, 11) is 0. The van der Waals surface area contributed by atoms with Gasteiger partial charge >= 0.3 is 12.1 Å². The maximum Gasteiger partial charge on any atom is 0.410 e. The number of urea groups is 1. The Morgan fingerprint density at radius 1 is 1.17 bits per heavy atom. The number of piperazine rings is 1. The summed E-state index contributed by atoms with van der Waals surface area (Å²) < 4.78 is 5.35. The van der Waals surface area contributed by atoms with E-state index in [2.05, 4.69) is 5.32 Å². The molecule has 0 saturated carbocycles. The lowest BCUT2D eigenvalue weighted by atomic mass is 10.1. The van der Waals surface area contributed by atoms with E-state index >= 15 is 0 Å². The summed E-state index contributed by atoms with van der Waals surface area (Å²) in [6, 6.07) is -0.366. The normalized spacial score (nSPS) is 22.3. The number of hydrogen-bond donors (Lipinski definition) is 1. The van der Waals surface area contributed by atoms with Gasteiger partial charge in [-0.15, -0.1) is 0 Å². The van der Waals surface area contributed by atoms with Gasteiger partial charge in [0.1, 0.15) is 11.1 Å². The zero-order chi connectivity index (χ0) is 17.4. The summed E-state index contributed by atoms with van der Waals surface area (Å²) in [6.07, 6.45) is -0.326. The Bertz CT molecular complexity index is 504. The lowest BCUT2D eigenvalue weighted by molar-refractivity contribution is -0.132. The van der Waals surface area contributed by atoms with Crippen LogP contribution in [-0.2, 0) is 9.53 Å². The van der Waals surface area contributed by atoms with Crippen molar-refractivity contribution in [2.75, 3.05) is 32.8 Å². The fraction of sp³-hybridized carbons (Fsp3) is 0.800. The minimum Gasteiger partial charge on any atom is -0.444 e. The molecular weight excluding hydrogens is 300 g/mol. The van der Waals surface area contributed by atoms with Gasteiger partial charge < -0.3 is 15.0 Å². The van der Waals surface area contributed by atoms with Crippen LogP contribution in [0.15, 0.2) is 0 Å². The van der Waals surface area contributed by atoms with Gasteiger partial charge in [-0.25, -0.2) is 14.5 Å². The lowest BCUT2D eigenvalue weighted by Crippen LogP contribution is -2.53. The molecule has 8 heteroatoms. The molecular formula is C15H26N4O4. The molecule has 0 unspecified atom stereocenters. The van der Waals surface area contributed by atoms with E-state index in [4.69, 9.17) is 4.74 Å². The number of ether oxygens (including phenoxy) is 1. The third-order valence-electron chi connectivity index (χ3n) is 3.81. The monoisotopic (exact) mass is 326 g/mol. The van der Waals surface area contributed by atoms with Gasteiger partial charge in [0.15, 0.2) is 0 Å². The van der Waals surface area contributed by atoms with Crippen LogP contribution < -0.4 is 5.32 Å². The van der Waals surface area contributed by atoms with Gasteiger partial charge in [-0.2, -0.15) is 0 Å². The number of carbonyl (C=O) groups is 3. The second-order valence-corrected chi connectivity index (χ2v) is 7.52. The zero-order valence-electron chi connectivity index (χ0n) is 14.5. The molecule has 130 valence electrons. The molecule has 2 heterocycles. The quantitative estimate of drug-likeness (QED) is 0.760. The van der Waals surface area contributed by atoms with Crippen molar-refractivity contribution in [1.82, 2.24) is 20.0 Å². The van der Waals surface area contributed by atoms with E-state index in [9.17, 15) is 14.4 Å². The Morgan fingerprint density at radius 2 is 1.74 bits per heavy atom. The summed E-state index contributed by atoms with van der Waals surface area (Å²) in [4.78, 5) is 40.9. The first-order chi connectivity index (χ1) is 10.5. The second kappa shape index (κ2) is 5.99. The molecule has 0 aromatic heterocycles. The van der Waals surface area contributed by atoms with Crippen molar-refractivity contribution in [3.05, 3.63) is 0 Å². The number of imide groups is 1. The molecule has 0 aliphatic carbocycles. The number of amides is 4. The highest BCUT2D eigenvalue weighted by Crippen LogP contribution is 2.18. The van der Waals surface area contributed by atoms with Gasteiger partial charge in [0.2, 0.25) is 0 Å². The molecule has 4 amide bonds. The number of rotatable bonds is 2. The minimum absolute atomic E-state index is 0.225. The van der Waals surface area contributed by atoms with E-state index in [0.29, 0.717) is 26.2 Å². The number of carbonyl (C=O) groups excluding carboxylic acids is 3. The Hall–Kier alpha value is -1.83. The molecule has 0 atom stereocenters. The van der Waals surface area contributed by atoms with Crippen molar-refractivity contribution in [2.45, 2.75) is 45.8 Å². The standard InChI is InChI=1S/C15H26N4O4/c1-14(2,3)23-13(22)18-8-6-17(7-9-18)10-19-11(20)15(4,5)16-12(19)21/h6-10H2,1-5H3,(H,16,21). The maximum absolute atomic E-state index is 12.2. The number of hydrogen-bond acceptors (Lipinski definition) is 5. The largest absolute Gasteiger partial charge is 0.444 e. The molecule has 2 aliphatic rings. The number of nitrogens with zero attached hydrogens (tertiary/aromatic N) is 3. The van der Waals surface area contributed by atoms with Crippen LogP contribution in [0.25, 0.3) is 0 Å². The Kier molecular flexibility index (Phi) is 4.57. The molecule has 2 rings (SSSR count). The van der Waals surface area contributed by atoms with Crippen molar-refractivity contribution in [3.63, 3.8) is 0 Å². The first kappa shape index (κ1) is 17.5. The Labute approximate surface area is 136 Å². The van der Waals surface area contributed by atoms with Crippen molar-refractivity contribution < 1.29 is 19.1 Å².